The Kier molecular flexibility index (Phi) is 7.82. The monoisotopic (exact) mass is 242 g/mol. The molecule has 0 aromatic heterocycles. The third kappa shape index (κ3) is 5.84. The van der Waals surface area contributed by atoms with Crippen molar-refractivity contribution in [2.45, 2.75) is 64.5 Å². The average Bonchev–Trinajstić information content (AvgIpc) is 2.35. The summed E-state index contributed by atoms with van der Waals surface area (Å²) in [5.41, 5.74) is 5.67. The number of unbranched alkanes of at least 4 members (excludes halogenated alkanes) is 5. The summed E-state index contributed by atoms with van der Waals surface area (Å²) < 4.78 is 5.66. The van der Waals surface area contributed by atoms with E-state index in [2.05, 4.69) is 18.7 Å². The molecule has 1 heterocycles. The fourth-order valence-electron chi connectivity index (χ4n) is 2.42. The number of hydrogen-bond acceptors (Lipinski definition) is 3. The molecule has 3 nitrogen and oxygen atoms in total. The Morgan fingerprint density at radius 2 is 1.88 bits per heavy atom. The molecule has 1 fully saturated rings. The molecule has 0 radical (unpaired) electrons. The number of nitrogens with two attached hydrogens (primary N) is 1. The van der Waals surface area contributed by atoms with Crippen LogP contribution in [-0.4, -0.2) is 43.3 Å². The molecule has 102 valence electrons. The molecular formula is C14H30N2O. The maximum Gasteiger partial charge on any atom is 0.0824 e. The van der Waals surface area contributed by atoms with Crippen molar-refractivity contribution in [1.29, 1.82) is 0 Å². The highest BCUT2D eigenvalue weighted by atomic mass is 16.5. The van der Waals surface area contributed by atoms with Gasteiger partial charge in [-0.2, -0.15) is 0 Å². The predicted octanol–water partition coefficient (Wildman–Crippen LogP) is 2.39. The third-order valence-corrected chi connectivity index (χ3v) is 3.70. The van der Waals surface area contributed by atoms with E-state index >= 15 is 0 Å². The number of nitrogens with zero attached hydrogens (tertiary/aromatic N) is 1. The minimum Gasteiger partial charge on any atom is -0.374 e. The average molecular weight is 242 g/mol. The first-order chi connectivity index (χ1) is 8.27. The second-order valence-electron chi connectivity index (χ2n) is 5.30. The first-order valence-electron chi connectivity index (χ1n) is 7.33. The van der Waals surface area contributed by atoms with Gasteiger partial charge in [-0.05, 0) is 19.9 Å². The van der Waals surface area contributed by atoms with Crippen molar-refractivity contribution >= 4 is 0 Å². The van der Waals surface area contributed by atoms with Crippen molar-refractivity contribution < 1.29 is 4.74 Å². The Bertz CT molecular complexity index is 187. The van der Waals surface area contributed by atoms with Crippen LogP contribution in [0, 0.1) is 0 Å². The third-order valence-electron chi connectivity index (χ3n) is 3.70. The Labute approximate surface area is 107 Å². The summed E-state index contributed by atoms with van der Waals surface area (Å²) in [5.74, 6) is 0. The van der Waals surface area contributed by atoms with Crippen LogP contribution in [0.3, 0.4) is 0 Å². The normalized spacial score (nSPS) is 26.3. The minimum absolute atomic E-state index is 0.256. The zero-order valence-electron chi connectivity index (χ0n) is 11.7. The quantitative estimate of drug-likeness (QED) is 0.664. The van der Waals surface area contributed by atoms with Gasteiger partial charge in [0.1, 0.15) is 0 Å². The van der Waals surface area contributed by atoms with E-state index in [-0.39, 0.29) is 6.10 Å². The standard InChI is InChI=1S/C14H30N2O/c1-3-4-5-6-7-8-9-16-11-14(10-15)17-12-13(16)2/h13-14H,3-12,15H2,1-2H3. The molecule has 1 saturated heterocycles. The molecule has 0 spiro atoms. The van der Waals surface area contributed by atoms with Crippen LogP contribution in [0.25, 0.3) is 0 Å². The molecule has 2 unspecified atom stereocenters. The molecule has 17 heavy (non-hydrogen) atoms. The Morgan fingerprint density at radius 1 is 1.18 bits per heavy atom. The molecule has 0 amide bonds. The SMILES string of the molecule is CCCCCCCCN1CC(CN)OCC1C. The molecule has 0 aromatic rings. The number of hydrogen-bond donors (Lipinski definition) is 1. The van der Waals surface area contributed by atoms with E-state index in [4.69, 9.17) is 10.5 Å². The van der Waals surface area contributed by atoms with Crippen LogP contribution in [0.1, 0.15) is 52.4 Å². The van der Waals surface area contributed by atoms with E-state index in [1.165, 1.54) is 45.1 Å². The second-order valence-corrected chi connectivity index (χ2v) is 5.30. The van der Waals surface area contributed by atoms with Crippen LogP contribution in [0.15, 0.2) is 0 Å². The van der Waals surface area contributed by atoms with Gasteiger partial charge < -0.3 is 10.5 Å². The first kappa shape index (κ1) is 14.9. The molecule has 0 bridgehead atoms. The molecule has 0 aromatic carbocycles. The Morgan fingerprint density at radius 3 is 2.59 bits per heavy atom. The van der Waals surface area contributed by atoms with Gasteiger partial charge >= 0.3 is 0 Å². The van der Waals surface area contributed by atoms with Gasteiger partial charge in [0, 0.05) is 19.1 Å². The number of ether oxygens (including phenoxy) is 1. The summed E-state index contributed by atoms with van der Waals surface area (Å²) in [5, 5.41) is 0. The molecule has 3 heteroatoms. The minimum atomic E-state index is 0.256. The lowest BCUT2D eigenvalue weighted by Gasteiger charge is -2.37. The van der Waals surface area contributed by atoms with Gasteiger partial charge in [-0.3, -0.25) is 4.90 Å². The summed E-state index contributed by atoms with van der Waals surface area (Å²) in [6.45, 7) is 8.25. The maximum absolute atomic E-state index is 5.67. The van der Waals surface area contributed by atoms with Gasteiger partial charge in [-0.1, -0.05) is 39.0 Å². The van der Waals surface area contributed by atoms with Crippen molar-refractivity contribution in [2.24, 2.45) is 5.73 Å². The molecular weight excluding hydrogens is 212 g/mol. The van der Waals surface area contributed by atoms with Gasteiger partial charge in [-0.15, -0.1) is 0 Å². The van der Waals surface area contributed by atoms with Crippen molar-refractivity contribution in [3.8, 4) is 0 Å². The number of morpholine rings is 1. The van der Waals surface area contributed by atoms with E-state index in [9.17, 15) is 0 Å². The summed E-state index contributed by atoms with van der Waals surface area (Å²) in [4.78, 5) is 2.54. The highest BCUT2D eigenvalue weighted by Gasteiger charge is 2.24. The zero-order chi connectivity index (χ0) is 12.5. The van der Waals surface area contributed by atoms with Crippen molar-refractivity contribution in [3.05, 3.63) is 0 Å². The molecule has 1 aliphatic heterocycles. The van der Waals surface area contributed by atoms with Crippen LogP contribution in [-0.2, 0) is 4.74 Å². The van der Waals surface area contributed by atoms with Crippen LogP contribution in [0.2, 0.25) is 0 Å². The summed E-state index contributed by atoms with van der Waals surface area (Å²) in [7, 11) is 0. The predicted molar refractivity (Wildman–Crippen MR) is 73.2 cm³/mol. The lowest BCUT2D eigenvalue weighted by atomic mass is 10.1. The molecule has 2 atom stereocenters. The molecule has 0 saturated carbocycles. The fourth-order valence-corrected chi connectivity index (χ4v) is 2.42. The van der Waals surface area contributed by atoms with Crippen molar-refractivity contribution in [3.63, 3.8) is 0 Å². The largest absolute Gasteiger partial charge is 0.374 e. The fraction of sp³-hybridized carbons (Fsp3) is 1.00. The van der Waals surface area contributed by atoms with Gasteiger partial charge in [0.25, 0.3) is 0 Å². The van der Waals surface area contributed by atoms with Crippen LogP contribution in [0.4, 0.5) is 0 Å². The zero-order valence-corrected chi connectivity index (χ0v) is 11.7. The van der Waals surface area contributed by atoms with Crippen LogP contribution >= 0.6 is 0 Å². The van der Waals surface area contributed by atoms with Gasteiger partial charge in [0.05, 0.1) is 12.7 Å². The summed E-state index contributed by atoms with van der Waals surface area (Å²) >= 11 is 0. The van der Waals surface area contributed by atoms with E-state index < -0.39 is 0 Å². The highest BCUT2D eigenvalue weighted by Crippen LogP contribution is 2.13. The number of rotatable bonds is 8. The molecule has 0 aliphatic carbocycles. The smallest absolute Gasteiger partial charge is 0.0824 e. The highest BCUT2D eigenvalue weighted by molar-refractivity contribution is 4.77. The van der Waals surface area contributed by atoms with Crippen LogP contribution < -0.4 is 5.73 Å². The summed E-state index contributed by atoms with van der Waals surface area (Å²) in [6.07, 6.45) is 8.48. The second kappa shape index (κ2) is 8.90. The van der Waals surface area contributed by atoms with E-state index in [1.54, 1.807) is 0 Å². The molecule has 2 N–H and O–H groups in total. The van der Waals surface area contributed by atoms with Crippen molar-refractivity contribution in [2.75, 3.05) is 26.2 Å². The van der Waals surface area contributed by atoms with Gasteiger partial charge in [0.2, 0.25) is 0 Å². The van der Waals surface area contributed by atoms with Crippen molar-refractivity contribution in [1.82, 2.24) is 4.90 Å². The first-order valence-corrected chi connectivity index (χ1v) is 7.33. The summed E-state index contributed by atoms with van der Waals surface area (Å²) in [6, 6.07) is 0.563. The Hall–Kier alpha value is -0.120. The molecule has 1 aliphatic rings. The maximum atomic E-state index is 5.67. The van der Waals surface area contributed by atoms with E-state index in [1.807, 2.05) is 0 Å². The van der Waals surface area contributed by atoms with E-state index in [0.29, 0.717) is 12.6 Å². The lowest BCUT2D eigenvalue weighted by molar-refractivity contribution is -0.0537. The lowest BCUT2D eigenvalue weighted by Crippen LogP contribution is -2.50. The van der Waals surface area contributed by atoms with E-state index in [0.717, 1.165) is 13.2 Å². The van der Waals surface area contributed by atoms with Gasteiger partial charge in [0.15, 0.2) is 0 Å². The van der Waals surface area contributed by atoms with Crippen LogP contribution in [0.5, 0.6) is 0 Å². The Balaban J connectivity index is 2.07. The molecule has 1 rings (SSSR count). The topological polar surface area (TPSA) is 38.5 Å². The van der Waals surface area contributed by atoms with Gasteiger partial charge in [-0.25, -0.2) is 0 Å².